The highest BCUT2D eigenvalue weighted by Gasteiger charge is 2.24. The van der Waals surface area contributed by atoms with Gasteiger partial charge in [-0.25, -0.2) is 4.39 Å². The summed E-state index contributed by atoms with van der Waals surface area (Å²) in [6, 6.07) is 4.73. The molecular weight excluding hydrogens is 259 g/mol. The first kappa shape index (κ1) is 14.4. The quantitative estimate of drug-likeness (QED) is 0.778. The predicted octanol–water partition coefficient (Wildman–Crippen LogP) is 3.08. The van der Waals surface area contributed by atoms with E-state index in [2.05, 4.69) is 11.8 Å². The van der Waals surface area contributed by atoms with Gasteiger partial charge < -0.3 is 5.73 Å². The summed E-state index contributed by atoms with van der Waals surface area (Å²) in [5, 5.41) is 0. The van der Waals surface area contributed by atoms with Gasteiger partial charge in [0, 0.05) is 18.7 Å². The van der Waals surface area contributed by atoms with Crippen LogP contribution in [0.1, 0.15) is 37.3 Å². The number of nitrogens with zero attached hydrogens (tertiary/aromatic N) is 1. The van der Waals surface area contributed by atoms with Crippen molar-refractivity contribution in [1.29, 1.82) is 0 Å². The van der Waals surface area contributed by atoms with E-state index in [0.717, 1.165) is 37.5 Å². The van der Waals surface area contributed by atoms with Crippen LogP contribution in [-0.2, 0) is 6.54 Å². The van der Waals surface area contributed by atoms with Crippen LogP contribution in [0.2, 0.25) is 0 Å². The first-order chi connectivity index (χ1) is 9.10. The second-order valence-electron chi connectivity index (χ2n) is 5.34. The predicted molar refractivity (Wildman–Crippen MR) is 80.6 cm³/mol. The molecule has 0 heterocycles. The summed E-state index contributed by atoms with van der Waals surface area (Å²) in [6.07, 6.45) is 3.80. The van der Waals surface area contributed by atoms with Gasteiger partial charge in [-0.1, -0.05) is 25.2 Å². The zero-order valence-electron chi connectivity index (χ0n) is 11.4. The van der Waals surface area contributed by atoms with Gasteiger partial charge in [0.25, 0.3) is 0 Å². The second-order valence-corrected chi connectivity index (χ2v) is 5.78. The molecule has 1 aliphatic rings. The first-order valence-electron chi connectivity index (χ1n) is 6.90. The molecule has 0 amide bonds. The summed E-state index contributed by atoms with van der Waals surface area (Å²) in [5.41, 5.74) is 7.40. The molecule has 0 atom stereocenters. The van der Waals surface area contributed by atoms with E-state index in [4.69, 9.17) is 18.0 Å². The maximum atomic E-state index is 13.3. The van der Waals surface area contributed by atoms with Gasteiger partial charge in [-0.3, -0.25) is 4.90 Å². The Morgan fingerprint density at radius 2 is 2.21 bits per heavy atom. The van der Waals surface area contributed by atoms with Gasteiger partial charge in [-0.2, -0.15) is 0 Å². The Bertz CT molecular complexity index is 457. The number of hydrogen-bond acceptors (Lipinski definition) is 2. The Morgan fingerprint density at radius 1 is 1.47 bits per heavy atom. The topological polar surface area (TPSA) is 29.3 Å². The number of halogens is 1. The van der Waals surface area contributed by atoms with Crippen molar-refractivity contribution in [2.45, 2.75) is 32.7 Å². The van der Waals surface area contributed by atoms with E-state index in [-0.39, 0.29) is 10.8 Å². The summed E-state index contributed by atoms with van der Waals surface area (Å²) in [4.78, 5) is 2.70. The highest BCUT2D eigenvalue weighted by Crippen LogP contribution is 2.30. The monoisotopic (exact) mass is 280 g/mol. The molecule has 1 aromatic rings. The number of benzene rings is 1. The minimum atomic E-state index is -0.282. The normalized spacial score (nSPS) is 14.9. The third-order valence-electron chi connectivity index (χ3n) is 3.48. The second kappa shape index (κ2) is 6.44. The Balaban J connectivity index is 2.12. The molecule has 1 saturated carbocycles. The first-order valence-corrected chi connectivity index (χ1v) is 7.31. The Morgan fingerprint density at radius 3 is 2.79 bits per heavy atom. The minimum Gasteiger partial charge on any atom is -0.389 e. The SMILES string of the molecule is CCCN(Cc1ccc(F)cc1C(N)=S)CC1CC1. The molecular formula is C15H21FN2S. The van der Waals surface area contributed by atoms with Gasteiger partial charge in [0.2, 0.25) is 0 Å². The largest absolute Gasteiger partial charge is 0.389 e. The van der Waals surface area contributed by atoms with Crippen molar-refractivity contribution in [1.82, 2.24) is 4.90 Å². The molecule has 0 spiro atoms. The zero-order chi connectivity index (χ0) is 13.8. The van der Waals surface area contributed by atoms with Gasteiger partial charge in [0.05, 0.1) is 0 Å². The Labute approximate surface area is 119 Å². The lowest BCUT2D eigenvalue weighted by molar-refractivity contribution is 0.255. The standard InChI is InChI=1S/C15H21FN2S/c1-2-7-18(9-11-3-4-11)10-12-5-6-13(16)8-14(12)15(17)19/h5-6,8,11H,2-4,7,9-10H2,1H3,(H2,17,19). The maximum Gasteiger partial charge on any atom is 0.123 e. The van der Waals surface area contributed by atoms with E-state index in [9.17, 15) is 4.39 Å². The lowest BCUT2D eigenvalue weighted by Crippen LogP contribution is -2.28. The highest BCUT2D eigenvalue weighted by molar-refractivity contribution is 7.80. The van der Waals surface area contributed by atoms with Gasteiger partial charge in [-0.15, -0.1) is 0 Å². The highest BCUT2D eigenvalue weighted by atomic mass is 32.1. The van der Waals surface area contributed by atoms with Crippen LogP contribution < -0.4 is 5.73 Å². The van der Waals surface area contributed by atoms with Crippen LogP contribution in [0.15, 0.2) is 18.2 Å². The van der Waals surface area contributed by atoms with Gasteiger partial charge in [0.15, 0.2) is 0 Å². The maximum absolute atomic E-state index is 13.3. The molecule has 19 heavy (non-hydrogen) atoms. The van der Waals surface area contributed by atoms with Crippen molar-refractivity contribution < 1.29 is 4.39 Å². The van der Waals surface area contributed by atoms with E-state index < -0.39 is 0 Å². The molecule has 1 fully saturated rings. The number of nitrogens with two attached hydrogens (primary N) is 1. The molecule has 0 saturated heterocycles. The van der Waals surface area contributed by atoms with Crippen molar-refractivity contribution in [2.75, 3.05) is 13.1 Å². The molecule has 0 bridgehead atoms. The summed E-state index contributed by atoms with van der Waals surface area (Å²) in [7, 11) is 0. The Kier molecular flexibility index (Phi) is 4.88. The van der Waals surface area contributed by atoms with Gasteiger partial charge in [-0.05, 0) is 49.4 Å². The zero-order valence-corrected chi connectivity index (χ0v) is 12.2. The fraction of sp³-hybridized carbons (Fsp3) is 0.533. The van der Waals surface area contributed by atoms with Crippen LogP contribution in [0.4, 0.5) is 4.39 Å². The van der Waals surface area contributed by atoms with Crippen LogP contribution in [-0.4, -0.2) is 23.0 Å². The molecule has 2 rings (SSSR count). The van der Waals surface area contributed by atoms with Crippen molar-refractivity contribution in [2.24, 2.45) is 11.7 Å². The lowest BCUT2D eigenvalue weighted by atomic mass is 10.1. The van der Waals surface area contributed by atoms with Crippen molar-refractivity contribution >= 4 is 17.2 Å². The van der Waals surface area contributed by atoms with Crippen LogP contribution in [0.25, 0.3) is 0 Å². The molecule has 2 nitrogen and oxygen atoms in total. The Hall–Kier alpha value is -1.00. The molecule has 0 aromatic heterocycles. The lowest BCUT2D eigenvalue weighted by Gasteiger charge is -2.23. The van der Waals surface area contributed by atoms with E-state index in [1.807, 2.05) is 0 Å². The molecule has 1 aliphatic carbocycles. The van der Waals surface area contributed by atoms with Crippen LogP contribution in [0.5, 0.6) is 0 Å². The van der Waals surface area contributed by atoms with Gasteiger partial charge in [0.1, 0.15) is 10.8 Å². The van der Waals surface area contributed by atoms with E-state index >= 15 is 0 Å². The van der Waals surface area contributed by atoms with Crippen LogP contribution >= 0.6 is 12.2 Å². The van der Waals surface area contributed by atoms with Gasteiger partial charge >= 0.3 is 0 Å². The fourth-order valence-corrected chi connectivity index (χ4v) is 2.56. The average molecular weight is 280 g/mol. The van der Waals surface area contributed by atoms with E-state index in [1.165, 1.54) is 25.0 Å². The molecule has 0 radical (unpaired) electrons. The van der Waals surface area contributed by atoms with Crippen molar-refractivity contribution in [3.8, 4) is 0 Å². The third kappa shape index (κ3) is 4.25. The summed E-state index contributed by atoms with van der Waals surface area (Å²) < 4.78 is 13.3. The fourth-order valence-electron chi connectivity index (χ4n) is 2.37. The summed E-state index contributed by atoms with van der Waals surface area (Å²) in [5.74, 6) is 0.566. The number of rotatable bonds is 7. The third-order valence-corrected chi connectivity index (χ3v) is 3.70. The molecule has 0 aliphatic heterocycles. The number of hydrogen-bond donors (Lipinski definition) is 1. The van der Waals surface area contributed by atoms with Crippen LogP contribution in [0, 0.1) is 11.7 Å². The smallest absolute Gasteiger partial charge is 0.123 e. The summed E-state index contributed by atoms with van der Waals surface area (Å²) >= 11 is 5.02. The van der Waals surface area contributed by atoms with Crippen molar-refractivity contribution in [3.63, 3.8) is 0 Å². The molecule has 1 aromatic carbocycles. The molecule has 2 N–H and O–H groups in total. The molecule has 0 unspecified atom stereocenters. The van der Waals surface area contributed by atoms with Crippen molar-refractivity contribution in [3.05, 3.63) is 35.1 Å². The van der Waals surface area contributed by atoms with Crippen LogP contribution in [0.3, 0.4) is 0 Å². The molecule has 104 valence electrons. The van der Waals surface area contributed by atoms with E-state index in [0.29, 0.717) is 5.56 Å². The average Bonchev–Trinajstić information content (AvgIpc) is 3.15. The number of thiocarbonyl (C=S) groups is 1. The summed E-state index contributed by atoms with van der Waals surface area (Å²) in [6.45, 7) is 5.17. The minimum absolute atomic E-state index is 0.275. The van der Waals surface area contributed by atoms with E-state index in [1.54, 1.807) is 6.07 Å². The molecule has 4 heteroatoms.